The SMILES string of the molecule is CC(C)(CCl)C(=O)C(C#N)C(=O)c1ccc(Cl)cc1Cl. The van der Waals surface area contributed by atoms with Crippen LogP contribution in [0.15, 0.2) is 18.2 Å². The summed E-state index contributed by atoms with van der Waals surface area (Å²) in [5.41, 5.74) is -0.863. The molecule has 0 aliphatic carbocycles. The van der Waals surface area contributed by atoms with Crippen molar-refractivity contribution in [3.8, 4) is 6.07 Å². The molecule has 1 aromatic rings. The molecule has 6 heteroatoms. The fourth-order valence-electron chi connectivity index (χ4n) is 1.54. The van der Waals surface area contributed by atoms with Gasteiger partial charge in [0.25, 0.3) is 0 Å². The first-order valence-electron chi connectivity index (χ1n) is 5.73. The number of nitriles is 1. The van der Waals surface area contributed by atoms with Gasteiger partial charge in [0.15, 0.2) is 17.5 Å². The van der Waals surface area contributed by atoms with Crippen LogP contribution in [0, 0.1) is 22.7 Å². The summed E-state index contributed by atoms with van der Waals surface area (Å²) in [5.74, 6) is -2.57. The second-order valence-corrected chi connectivity index (χ2v) is 6.04. The van der Waals surface area contributed by atoms with Crippen molar-refractivity contribution in [3.63, 3.8) is 0 Å². The van der Waals surface area contributed by atoms with Crippen LogP contribution in [0.1, 0.15) is 24.2 Å². The molecule has 1 unspecified atom stereocenters. The molecule has 1 aromatic carbocycles. The van der Waals surface area contributed by atoms with Gasteiger partial charge in [0.1, 0.15) is 0 Å². The molecule has 0 aromatic heterocycles. The molecular formula is C14H12Cl3NO2. The number of carbonyl (C=O) groups excluding carboxylic acids is 2. The Morgan fingerprint density at radius 3 is 2.40 bits per heavy atom. The third-order valence-electron chi connectivity index (χ3n) is 2.85. The number of halogens is 3. The summed E-state index contributed by atoms with van der Waals surface area (Å²) in [4.78, 5) is 24.5. The van der Waals surface area contributed by atoms with Crippen molar-refractivity contribution >= 4 is 46.4 Å². The van der Waals surface area contributed by atoms with Crippen LogP contribution in [0.25, 0.3) is 0 Å². The maximum absolute atomic E-state index is 12.3. The van der Waals surface area contributed by atoms with E-state index in [9.17, 15) is 9.59 Å². The van der Waals surface area contributed by atoms with Gasteiger partial charge in [-0.2, -0.15) is 5.26 Å². The predicted octanol–water partition coefficient (Wildman–Crippen LogP) is 4.15. The van der Waals surface area contributed by atoms with Crippen molar-refractivity contribution in [1.29, 1.82) is 5.26 Å². The Kier molecular flexibility index (Phi) is 5.59. The highest BCUT2D eigenvalue weighted by Gasteiger charge is 2.38. The number of carbonyl (C=O) groups is 2. The van der Waals surface area contributed by atoms with Crippen molar-refractivity contribution < 1.29 is 9.59 Å². The van der Waals surface area contributed by atoms with Crippen LogP contribution < -0.4 is 0 Å². The fraction of sp³-hybridized carbons (Fsp3) is 0.357. The van der Waals surface area contributed by atoms with Gasteiger partial charge in [-0.1, -0.05) is 37.0 Å². The molecule has 106 valence electrons. The van der Waals surface area contributed by atoms with E-state index in [1.165, 1.54) is 18.2 Å². The van der Waals surface area contributed by atoms with Crippen LogP contribution in [-0.2, 0) is 4.79 Å². The zero-order chi connectivity index (χ0) is 15.5. The highest BCUT2D eigenvalue weighted by molar-refractivity contribution is 6.37. The third-order valence-corrected chi connectivity index (χ3v) is 4.07. The average molecular weight is 333 g/mol. The van der Waals surface area contributed by atoms with Crippen molar-refractivity contribution in [2.45, 2.75) is 13.8 Å². The lowest BCUT2D eigenvalue weighted by atomic mass is 9.80. The van der Waals surface area contributed by atoms with Gasteiger partial charge in [0.05, 0.1) is 11.1 Å². The smallest absolute Gasteiger partial charge is 0.189 e. The predicted molar refractivity (Wildman–Crippen MR) is 79.4 cm³/mol. The minimum atomic E-state index is -1.43. The maximum atomic E-state index is 12.3. The Labute approximate surface area is 132 Å². The van der Waals surface area contributed by atoms with Gasteiger partial charge in [0.2, 0.25) is 0 Å². The molecule has 0 aliphatic rings. The second-order valence-electron chi connectivity index (χ2n) is 4.93. The molecule has 0 aliphatic heterocycles. The minimum Gasteiger partial charge on any atom is -0.297 e. The molecule has 0 radical (unpaired) electrons. The number of rotatable bonds is 5. The Morgan fingerprint density at radius 1 is 1.35 bits per heavy atom. The summed E-state index contributed by atoms with van der Waals surface area (Å²) >= 11 is 17.4. The highest BCUT2D eigenvalue weighted by atomic mass is 35.5. The van der Waals surface area contributed by atoms with E-state index in [2.05, 4.69) is 0 Å². The second kappa shape index (κ2) is 6.58. The lowest BCUT2D eigenvalue weighted by Gasteiger charge is -2.22. The summed E-state index contributed by atoms with van der Waals surface area (Å²) < 4.78 is 0. The number of hydrogen-bond acceptors (Lipinski definition) is 3. The molecule has 0 spiro atoms. The Bertz CT molecular complexity index is 591. The number of benzene rings is 1. The Balaban J connectivity index is 3.17. The van der Waals surface area contributed by atoms with Crippen LogP contribution in [-0.4, -0.2) is 17.4 Å². The molecule has 20 heavy (non-hydrogen) atoms. The summed E-state index contributed by atoms with van der Waals surface area (Å²) in [6.45, 7) is 3.17. The van der Waals surface area contributed by atoms with E-state index >= 15 is 0 Å². The van der Waals surface area contributed by atoms with Crippen molar-refractivity contribution in [2.24, 2.45) is 11.3 Å². The molecule has 0 saturated heterocycles. The van der Waals surface area contributed by atoms with Crippen molar-refractivity contribution in [3.05, 3.63) is 33.8 Å². The standard InChI is InChI=1S/C14H12Cl3NO2/c1-14(2,7-15)13(20)10(6-18)12(19)9-4-3-8(16)5-11(9)17/h3-5,10H,7H2,1-2H3. The average Bonchev–Trinajstić information content (AvgIpc) is 2.39. The van der Waals surface area contributed by atoms with E-state index in [1.54, 1.807) is 19.9 Å². The molecule has 0 N–H and O–H groups in total. The molecule has 1 rings (SSSR count). The Hall–Kier alpha value is -1.08. The molecule has 0 saturated carbocycles. The molecule has 3 nitrogen and oxygen atoms in total. The zero-order valence-corrected chi connectivity index (χ0v) is 13.2. The van der Waals surface area contributed by atoms with E-state index in [4.69, 9.17) is 40.1 Å². The largest absolute Gasteiger partial charge is 0.297 e. The van der Waals surface area contributed by atoms with E-state index in [1.807, 2.05) is 0 Å². The Morgan fingerprint density at radius 2 is 1.95 bits per heavy atom. The van der Waals surface area contributed by atoms with Gasteiger partial charge >= 0.3 is 0 Å². The zero-order valence-electron chi connectivity index (χ0n) is 10.9. The molecular weight excluding hydrogens is 321 g/mol. The first kappa shape index (κ1) is 17.0. The van der Waals surface area contributed by atoms with Gasteiger partial charge < -0.3 is 0 Å². The van der Waals surface area contributed by atoms with E-state index < -0.39 is 22.9 Å². The van der Waals surface area contributed by atoms with Gasteiger partial charge in [0, 0.05) is 21.9 Å². The number of ketones is 2. The van der Waals surface area contributed by atoms with E-state index in [0.29, 0.717) is 5.02 Å². The molecule has 0 heterocycles. The van der Waals surface area contributed by atoms with Crippen LogP contribution >= 0.6 is 34.8 Å². The van der Waals surface area contributed by atoms with Crippen LogP contribution in [0.4, 0.5) is 0 Å². The number of nitrogens with zero attached hydrogens (tertiary/aromatic N) is 1. The molecule has 1 atom stereocenters. The lowest BCUT2D eigenvalue weighted by Crippen LogP contribution is -2.36. The summed E-state index contributed by atoms with van der Waals surface area (Å²) in [7, 11) is 0. The van der Waals surface area contributed by atoms with Crippen LogP contribution in [0.3, 0.4) is 0 Å². The van der Waals surface area contributed by atoms with Gasteiger partial charge in [-0.25, -0.2) is 0 Å². The highest BCUT2D eigenvalue weighted by Crippen LogP contribution is 2.28. The first-order valence-corrected chi connectivity index (χ1v) is 7.03. The monoisotopic (exact) mass is 331 g/mol. The summed E-state index contributed by atoms with van der Waals surface area (Å²) in [5, 5.41) is 9.61. The van der Waals surface area contributed by atoms with Crippen molar-refractivity contribution in [2.75, 3.05) is 5.88 Å². The topological polar surface area (TPSA) is 57.9 Å². The van der Waals surface area contributed by atoms with E-state index in [0.717, 1.165) is 0 Å². The quantitative estimate of drug-likeness (QED) is 0.462. The normalized spacial score (nSPS) is 12.6. The van der Waals surface area contributed by atoms with Crippen LogP contribution in [0.5, 0.6) is 0 Å². The van der Waals surface area contributed by atoms with Gasteiger partial charge in [-0.15, -0.1) is 11.6 Å². The number of alkyl halides is 1. The third kappa shape index (κ3) is 3.52. The van der Waals surface area contributed by atoms with Gasteiger partial charge in [-0.05, 0) is 18.2 Å². The fourth-order valence-corrected chi connectivity index (χ4v) is 2.17. The number of hydrogen-bond donors (Lipinski definition) is 0. The molecule has 0 bridgehead atoms. The summed E-state index contributed by atoms with van der Waals surface area (Å²) in [6, 6.07) is 6.00. The summed E-state index contributed by atoms with van der Waals surface area (Å²) in [6.07, 6.45) is 0. The van der Waals surface area contributed by atoms with Crippen molar-refractivity contribution in [1.82, 2.24) is 0 Å². The minimum absolute atomic E-state index is 0.0195. The lowest BCUT2D eigenvalue weighted by molar-refractivity contribution is -0.127. The van der Waals surface area contributed by atoms with Crippen LogP contribution in [0.2, 0.25) is 10.0 Å². The van der Waals surface area contributed by atoms with Gasteiger partial charge in [-0.3, -0.25) is 9.59 Å². The molecule has 0 amide bonds. The van der Waals surface area contributed by atoms with E-state index in [-0.39, 0.29) is 16.5 Å². The first-order chi connectivity index (χ1) is 9.24. The molecule has 0 fully saturated rings. The maximum Gasteiger partial charge on any atom is 0.189 e. The number of Topliss-reactive ketones (excluding diaryl/α,β-unsaturated/α-hetero) is 2.